The first-order chi connectivity index (χ1) is 14.3. The summed E-state index contributed by atoms with van der Waals surface area (Å²) < 4.78 is 38.3. The van der Waals surface area contributed by atoms with Crippen molar-refractivity contribution in [1.29, 1.82) is 0 Å². The summed E-state index contributed by atoms with van der Waals surface area (Å²) in [6.45, 7) is 3.34. The number of hydrogen-bond acceptors (Lipinski definition) is 6. The Bertz CT molecular complexity index is 1030. The number of thiophene rings is 1. The van der Waals surface area contributed by atoms with Crippen molar-refractivity contribution in [1.82, 2.24) is 9.62 Å². The topological polar surface area (TPSA) is 84.9 Å². The van der Waals surface area contributed by atoms with E-state index >= 15 is 0 Å². The van der Waals surface area contributed by atoms with E-state index in [2.05, 4.69) is 5.32 Å². The molecule has 7 nitrogen and oxygen atoms in total. The third kappa shape index (κ3) is 4.44. The second-order valence-corrected chi connectivity index (χ2v) is 11.4. The van der Waals surface area contributed by atoms with Crippen molar-refractivity contribution in [3.63, 3.8) is 0 Å². The molecule has 2 aliphatic rings. The number of carbonyl (C=O) groups is 1. The lowest BCUT2D eigenvalue weighted by Crippen LogP contribution is -2.42. The summed E-state index contributed by atoms with van der Waals surface area (Å²) in [5.41, 5.74) is 0.940. The van der Waals surface area contributed by atoms with E-state index < -0.39 is 10.0 Å². The van der Waals surface area contributed by atoms with Gasteiger partial charge < -0.3 is 14.8 Å². The molecule has 0 saturated carbocycles. The first-order valence-corrected chi connectivity index (χ1v) is 12.4. The van der Waals surface area contributed by atoms with Crippen molar-refractivity contribution in [2.45, 2.75) is 30.5 Å². The molecule has 3 heterocycles. The van der Waals surface area contributed by atoms with E-state index in [1.165, 1.54) is 4.31 Å². The predicted octanol–water partition coefficient (Wildman–Crippen LogP) is 3.48. The van der Waals surface area contributed by atoms with Gasteiger partial charge in [0.25, 0.3) is 10.0 Å². The molecule has 1 aromatic carbocycles. The molecule has 30 heavy (non-hydrogen) atoms. The molecule has 0 radical (unpaired) electrons. The highest BCUT2D eigenvalue weighted by Crippen LogP contribution is 2.33. The van der Waals surface area contributed by atoms with E-state index in [1.54, 1.807) is 12.1 Å². The Hall–Kier alpha value is -1.81. The van der Waals surface area contributed by atoms with Gasteiger partial charge in [0.15, 0.2) is 11.5 Å². The van der Waals surface area contributed by atoms with Gasteiger partial charge in [0.1, 0.15) is 4.21 Å². The van der Waals surface area contributed by atoms with Crippen LogP contribution in [0.25, 0.3) is 0 Å². The smallest absolute Gasteiger partial charge is 0.252 e. The molecule has 0 bridgehead atoms. The quantitative estimate of drug-likeness (QED) is 0.698. The zero-order chi connectivity index (χ0) is 21.3. The highest BCUT2D eigenvalue weighted by Gasteiger charge is 2.34. The van der Waals surface area contributed by atoms with E-state index in [1.807, 2.05) is 25.1 Å². The molecule has 1 N–H and O–H groups in total. The molecule has 2 aliphatic heterocycles. The number of piperidine rings is 1. The van der Waals surface area contributed by atoms with Crippen LogP contribution in [0.15, 0.2) is 34.5 Å². The Balaban J connectivity index is 1.29. The molecule has 0 spiro atoms. The fourth-order valence-corrected chi connectivity index (χ4v) is 6.90. The Labute approximate surface area is 185 Å². The summed E-state index contributed by atoms with van der Waals surface area (Å²) in [6.07, 6.45) is 1.30. The predicted molar refractivity (Wildman–Crippen MR) is 114 cm³/mol. The lowest BCUT2D eigenvalue weighted by Gasteiger charge is -2.33. The van der Waals surface area contributed by atoms with Crippen molar-refractivity contribution in [2.75, 3.05) is 19.9 Å². The maximum absolute atomic E-state index is 12.7. The molecule has 1 aromatic heterocycles. The molecule has 1 saturated heterocycles. The monoisotopic (exact) mass is 470 g/mol. The lowest BCUT2D eigenvalue weighted by molar-refractivity contribution is -0.126. The summed E-state index contributed by atoms with van der Waals surface area (Å²) in [6, 6.07) is 8.75. The maximum atomic E-state index is 12.7. The molecule has 4 rings (SSSR count). The number of halogens is 1. The van der Waals surface area contributed by atoms with E-state index in [-0.39, 0.29) is 28.7 Å². The van der Waals surface area contributed by atoms with Gasteiger partial charge in [-0.25, -0.2) is 8.42 Å². The average Bonchev–Trinajstić information content (AvgIpc) is 3.40. The number of ether oxygens (including phenoxy) is 2. The van der Waals surface area contributed by atoms with E-state index in [4.69, 9.17) is 21.1 Å². The van der Waals surface area contributed by atoms with Crippen molar-refractivity contribution in [3.05, 3.63) is 40.2 Å². The average molecular weight is 471 g/mol. The standard InChI is InChI=1S/C20H23ClN2O5S2/c1-13(20(24)22-11-14-2-3-16-17(10-14)28-12-27-16)15-6-8-23(9-7-15)30(25,26)19-5-4-18(21)29-19/h2-5,10,13,15H,6-9,11-12H2,1H3,(H,22,24)/t13-/m0/s1. The fraction of sp³-hybridized carbons (Fsp3) is 0.450. The summed E-state index contributed by atoms with van der Waals surface area (Å²) in [4.78, 5) is 12.6. The lowest BCUT2D eigenvalue weighted by atomic mass is 9.85. The minimum atomic E-state index is -3.52. The number of carbonyl (C=O) groups excluding carboxylic acids is 1. The van der Waals surface area contributed by atoms with Crippen LogP contribution in [0.3, 0.4) is 0 Å². The number of sulfonamides is 1. The number of rotatable bonds is 6. The molecule has 1 atom stereocenters. The van der Waals surface area contributed by atoms with Crippen molar-refractivity contribution < 1.29 is 22.7 Å². The number of nitrogens with zero attached hydrogens (tertiary/aromatic N) is 1. The zero-order valence-electron chi connectivity index (χ0n) is 16.5. The van der Waals surface area contributed by atoms with Gasteiger partial charge in [-0.05, 0) is 48.6 Å². The molecular formula is C20H23ClN2O5S2. The molecule has 0 unspecified atom stereocenters. The number of amides is 1. The van der Waals surface area contributed by atoms with Crippen LogP contribution in [0, 0.1) is 11.8 Å². The minimum absolute atomic E-state index is 0.0287. The minimum Gasteiger partial charge on any atom is -0.454 e. The third-order valence-electron chi connectivity index (χ3n) is 5.67. The SMILES string of the molecule is C[C@H](C(=O)NCc1ccc2c(c1)OCO2)C1CCN(S(=O)(=O)c2ccc(Cl)s2)CC1. The van der Waals surface area contributed by atoms with Crippen LogP contribution >= 0.6 is 22.9 Å². The number of fused-ring (bicyclic) bond motifs is 1. The van der Waals surface area contributed by atoms with Gasteiger partial charge in [-0.3, -0.25) is 4.79 Å². The van der Waals surface area contributed by atoms with Crippen LogP contribution in [-0.4, -0.2) is 38.5 Å². The van der Waals surface area contributed by atoms with Crippen molar-refractivity contribution >= 4 is 38.9 Å². The normalized spacial score (nSPS) is 18.3. The molecule has 1 fully saturated rings. The van der Waals surface area contributed by atoms with Crippen molar-refractivity contribution in [2.24, 2.45) is 11.8 Å². The van der Waals surface area contributed by atoms with Crippen LogP contribution in [0.5, 0.6) is 11.5 Å². The summed E-state index contributed by atoms with van der Waals surface area (Å²) in [7, 11) is -3.52. The zero-order valence-corrected chi connectivity index (χ0v) is 18.9. The van der Waals surface area contributed by atoms with E-state index in [9.17, 15) is 13.2 Å². The summed E-state index contributed by atoms with van der Waals surface area (Å²) in [5, 5.41) is 2.98. The summed E-state index contributed by atoms with van der Waals surface area (Å²) in [5.74, 6) is 1.32. The molecule has 2 aromatic rings. The molecule has 162 valence electrons. The number of benzene rings is 1. The van der Waals surface area contributed by atoms with Crippen LogP contribution in [0.4, 0.5) is 0 Å². The molecule has 0 aliphatic carbocycles. The van der Waals surface area contributed by atoms with Gasteiger partial charge >= 0.3 is 0 Å². The van der Waals surface area contributed by atoms with E-state index in [0.29, 0.717) is 48.3 Å². The van der Waals surface area contributed by atoms with Gasteiger partial charge in [0.2, 0.25) is 12.7 Å². The second kappa shape index (κ2) is 8.74. The molecular weight excluding hydrogens is 448 g/mol. The number of nitrogens with one attached hydrogen (secondary N) is 1. The summed E-state index contributed by atoms with van der Waals surface area (Å²) >= 11 is 6.95. The Morgan fingerprint density at radius 2 is 1.97 bits per heavy atom. The van der Waals surface area contributed by atoms with Crippen LogP contribution < -0.4 is 14.8 Å². The van der Waals surface area contributed by atoms with Crippen LogP contribution in [-0.2, 0) is 21.4 Å². The van der Waals surface area contributed by atoms with Gasteiger partial charge in [0, 0.05) is 25.6 Å². The van der Waals surface area contributed by atoms with Gasteiger partial charge in [0.05, 0.1) is 4.34 Å². The highest BCUT2D eigenvalue weighted by molar-refractivity contribution is 7.91. The van der Waals surface area contributed by atoms with Crippen LogP contribution in [0.1, 0.15) is 25.3 Å². The maximum Gasteiger partial charge on any atom is 0.252 e. The molecule has 10 heteroatoms. The fourth-order valence-electron chi connectivity index (χ4n) is 3.79. The second-order valence-electron chi connectivity index (χ2n) is 7.49. The van der Waals surface area contributed by atoms with Crippen LogP contribution in [0.2, 0.25) is 4.34 Å². The first kappa shape index (κ1) is 21.4. The number of hydrogen-bond donors (Lipinski definition) is 1. The third-order valence-corrected chi connectivity index (χ3v) is 9.26. The van der Waals surface area contributed by atoms with Gasteiger partial charge in [-0.15, -0.1) is 11.3 Å². The van der Waals surface area contributed by atoms with E-state index in [0.717, 1.165) is 16.9 Å². The van der Waals surface area contributed by atoms with Gasteiger partial charge in [-0.2, -0.15) is 4.31 Å². The molecule has 1 amide bonds. The van der Waals surface area contributed by atoms with Crippen molar-refractivity contribution in [3.8, 4) is 11.5 Å². The first-order valence-electron chi connectivity index (χ1n) is 9.76. The largest absolute Gasteiger partial charge is 0.454 e. The Morgan fingerprint density at radius 3 is 2.67 bits per heavy atom. The van der Waals surface area contributed by atoms with Gasteiger partial charge in [-0.1, -0.05) is 24.6 Å². The Morgan fingerprint density at radius 1 is 1.23 bits per heavy atom. The highest BCUT2D eigenvalue weighted by atomic mass is 35.5. The Kier molecular flexibility index (Phi) is 6.24.